The SMILES string of the molecule is CC1NC(=O)SC1CCCN1CCN(c2ccccn2)CC1.Cl.Cl. The van der Waals surface area contributed by atoms with Crippen molar-refractivity contribution >= 4 is 47.6 Å². The van der Waals surface area contributed by atoms with E-state index in [-0.39, 0.29) is 30.1 Å². The molecule has 3 rings (SSSR count). The zero-order chi connectivity index (χ0) is 15.4. The van der Waals surface area contributed by atoms with E-state index in [0.717, 1.165) is 45.0 Å². The second-order valence-electron chi connectivity index (χ2n) is 6.04. The number of hydrogen-bond acceptors (Lipinski definition) is 5. The Morgan fingerprint density at radius 3 is 2.58 bits per heavy atom. The number of piperazine rings is 1. The van der Waals surface area contributed by atoms with Crippen molar-refractivity contribution in [3.63, 3.8) is 0 Å². The van der Waals surface area contributed by atoms with Gasteiger partial charge in [-0.25, -0.2) is 4.98 Å². The lowest BCUT2D eigenvalue weighted by molar-refractivity contribution is 0.250. The number of aromatic nitrogens is 1. The molecule has 2 fully saturated rings. The van der Waals surface area contributed by atoms with Gasteiger partial charge in [-0.1, -0.05) is 17.8 Å². The Kier molecular flexibility index (Phi) is 9.19. The minimum atomic E-state index is 0. The standard InChI is InChI=1S/C16H24N4OS.2ClH/c1-13-14(22-16(21)18-13)5-4-8-19-9-11-20(12-10-19)15-6-2-3-7-17-15;;/h2-3,6-7,13-14H,4-5,8-12H2,1H3,(H,18,21);2*1H. The number of pyridine rings is 1. The van der Waals surface area contributed by atoms with Crippen LogP contribution in [0.4, 0.5) is 10.6 Å². The molecule has 1 aromatic rings. The number of rotatable bonds is 5. The minimum Gasteiger partial charge on any atom is -0.354 e. The molecular weight excluding hydrogens is 367 g/mol. The van der Waals surface area contributed by atoms with E-state index in [4.69, 9.17) is 0 Å². The number of halogens is 2. The van der Waals surface area contributed by atoms with Gasteiger partial charge in [0.15, 0.2) is 0 Å². The molecule has 8 heteroatoms. The second kappa shape index (κ2) is 10.3. The molecule has 0 radical (unpaired) electrons. The number of carbonyl (C=O) groups is 1. The first-order chi connectivity index (χ1) is 10.7. The summed E-state index contributed by atoms with van der Waals surface area (Å²) in [5, 5.41) is 3.56. The summed E-state index contributed by atoms with van der Waals surface area (Å²) < 4.78 is 0. The van der Waals surface area contributed by atoms with Crippen LogP contribution >= 0.6 is 36.6 Å². The van der Waals surface area contributed by atoms with E-state index < -0.39 is 0 Å². The van der Waals surface area contributed by atoms with Gasteiger partial charge in [0.1, 0.15) is 5.82 Å². The summed E-state index contributed by atoms with van der Waals surface area (Å²) in [4.78, 5) is 20.6. The summed E-state index contributed by atoms with van der Waals surface area (Å²) >= 11 is 1.47. The maximum atomic E-state index is 11.3. The third kappa shape index (κ3) is 5.69. The molecule has 1 N–H and O–H groups in total. The van der Waals surface area contributed by atoms with Crippen molar-refractivity contribution in [1.82, 2.24) is 15.2 Å². The number of nitrogens with one attached hydrogen (secondary N) is 1. The molecule has 0 saturated carbocycles. The van der Waals surface area contributed by atoms with Gasteiger partial charge in [0.25, 0.3) is 5.24 Å². The topological polar surface area (TPSA) is 48.5 Å². The van der Waals surface area contributed by atoms with Crippen molar-refractivity contribution < 1.29 is 4.79 Å². The second-order valence-corrected chi connectivity index (χ2v) is 7.25. The molecule has 1 aromatic heterocycles. The average Bonchev–Trinajstić information content (AvgIpc) is 2.87. The fourth-order valence-corrected chi connectivity index (χ4v) is 4.20. The highest BCUT2D eigenvalue weighted by Crippen LogP contribution is 2.27. The van der Waals surface area contributed by atoms with E-state index in [1.165, 1.54) is 18.2 Å². The third-order valence-electron chi connectivity index (χ3n) is 4.47. The first kappa shape index (κ1) is 21.4. The molecule has 2 aliphatic heterocycles. The highest BCUT2D eigenvalue weighted by Gasteiger charge is 2.29. The number of thioether (sulfide) groups is 1. The van der Waals surface area contributed by atoms with Crippen LogP contribution in [0.15, 0.2) is 24.4 Å². The van der Waals surface area contributed by atoms with Crippen molar-refractivity contribution in [3.8, 4) is 0 Å². The van der Waals surface area contributed by atoms with Crippen molar-refractivity contribution in [2.24, 2.45) is 0 Å². The summed E-state index contributed by atoms with van der Waals surface area (Å²) in [5.41, 5.74) is 0. The molecular formula is C16H26Cl2N4OS. The fourth-order valence-electron chi connectivity index (χ4n) is 3.12. The third-order valence-corrected chi connectivity index (χ3v) is 5.75. The minimum absolute atomic E-state index is 0. The van der Waals surface area contributed by atoms with Crippen molar-refractivity contribution in [1.29, 1.82) is 0 Å². The molecule has 0 bridgehead atoms. The number of carbonyl (C=O) groups excluding carboxylic acids is 1. The van der Waals surface area contributed by atoms with Gasteiger partial charge in [0.2, 0.25) is 0 Å². The molecule has 1 amide bonds. The van der Waals surface area contributed by atoms with Gasteiger partial charge in [-0.2, -0.15) is 0 Å². The lowest BCUT2D eigenvalue weighted by atomic mass is 10.1. The van der Waals surface area contributed by atoms with Crippen LogP contribution in [0.2, 0.25) is 0 Å². The van der Waals surface area contributed by atoms with Gasteiger partial charge >= 0.3 is 0 Å². The van der Waals surface area contributed by atoms with Crippen LogP contribution in [0.5, 0.6) is 0 Å². The molecule has 24 heavy (non-hydrogen) atoms. The normalized spacial score (nSPS) is 24.0. The molecule has 136 valence electrons. The zero-order valence-corrected chi connectivity index (χ0v) is 16.3. The van der Waals surface area contributed by atoms with Crippen LogP contribution < -0.4 is 10.2 Å². The Bertz CT molecular complexity index is 500. The highest BCUT2D eigenvalue weighted by molar-refractivity contribution is 8.14. The quantitative estimate of drug-likeness (QED) is 0.834. The van der Waals surface area contributed by atoms with Crippen LogP contribution in [0, 0.1) is 0 Å². The summed E-state index contributed by atoms with van der Waals surface area (Å²) in [6.45, 7) is 7.53. The Balaban J connectivity index is 0.00000144. The van der Waals surface area contributed by atoms with Gasteiger partial charge in [0, 0.05) is 43.7 Å². The number of anilines is 1. The zero-order valence-electron chi connectivity index (χ0n) is 13.9. The largest absolute Gasteiger partial charge is 0.354 e. The molecule has 2 unspecified atom stereocenters. The molecule has 2 aliphatic rings. The summed E-state index contributed by atoms with van der Waals surface area (Å²) in [7, 11) is 0. The van der Waals surface area contributed by atoms with E-state index in [0.29, 0.717) is 11.3 Å². The Labute approximate surface area is 160 Å². The molecule has 0 spiro atoms. The predicted octanol–water partition coefficient (Wildman–Crippen LogP) is 3.04. The lowest BCUT2D eigenvalue weighted by Gasteiger charge is -2.35. The predicted molar refractivity (Wildman–Crippen MR) is 106 cm³/mol. The van der Waals surface area contributed by atoms with Crippen molar-refractivity contribution in [2.45, 2.75) is 31.1 Å². The first-order valence-corrected chi connectivity index (χ1v) is 8.96. The van der Waals surface area contributed by atoms with Crippen LogP contribution in [-0.2, 0) is 0 Å². The maximum absolute atomic E-state index is 11.3. The van der Waals surface area contributed by atoms with Gasteiger partial charge < -0.3 is 10.2 Å². The van der Waals surface area contributed by atoms with E-state index in [9.17, 15) is 4.79 Å². The summed E-state index contributed by atoms with van der Waals surface area (Å²) in [6.07, 6.45) is 4.14. The molecule has 0 aliphatic carbocycles. The first-order valence-electron chi connectivity index (χ1n) is 8.08. The number of hydrogen-bond donors (Lipinski definition) is 1. The van der Waals surface area contributed by atoms with Crippen LogP contribution in [0.3, 0.4) is 0 Å². The molecule has 0 aromatic carbocycles. The van der Waals surface area contributed by atoms with Crippen molar-refractivity contribution in [3.05, 3.63) is 24.4 Å². The molecule has 2 atom stereocenters. The van der Waals surface area contributed by atoms with E-state index in [1.807, 2.05) is 18.3 Å². The highest BCUT2D eigenvalue weighted by atomic mass is 35.5. The average molecular weight is 393 g/mol. The molecule has 5 nitrogen and oxygen atoms in total. The van der Waals surface area contributed by atoms with Crippen LogP contribution in [0.1, 0.15) is 19.8 Å². The van der Waals surface area contributed by atoms with Gasteiger partial charge in [-0.15, -0.1) is 24.8 Å². The fraction of sp³-hybridized carbons (Fsp3) is 0.625. The van der Waals surface area contributed by atoms with E-state index in [1.54, 1.807) is 0 Å². The van der Waals surface area contributed by atoms with Crippen LogP contribution in [0.25, 0.3) is 0 Å². The van der Waals surface area contributed by atoms with E-state index >= 15 is 0 Å². The summed E-state index contributed by atoms with van der Waals surface area (Å²) in [6, 6.07) is 6.41. The molecule has 3 heterocycles. The van der Waals surface area contributed by atoms with Crippen LogP contribution in [-0.4, -0.2) is 59.1 Å². The van der Waals surface area contributed by atoms with Crippen molar-refractivity contribution in [2.75, 3.05) is 37.6 Å². The lowest BCUT2D eigenvalue weighted by Crippen LogP contribution is -2.47. The van der Waals surface area contributed by atoms with Gasteiger partial charge in [-0.05, 0) is 38.4 Å². The van der Waals surface area contributed by atoms with E-state index in [2.05, 4.69) is 33.1 Å². The monoisotopic (exact) mass is 392 g/mol. The molecule has 2 saturated heterocycles. The Hall–Kier alpha value is -0.690. The Morgan fingerprint density at radius 2 is 2.00 bits per heavy atom. The maximum Gasteiger partial charge on any atom is 0.279 e. The summed E-state index contributed by atoms with van der Waals surface area (Å²) in [5.74, 6) is 1.09. The number of amides is 1. The van der Waals surface area contributed by atoms with Gasteiger partial charge in [-0.3, -0.25) is 9.69 Å². The van der Waals surface area contributed by atoms with Gasteiger partial charge in [0.05, 0.1) is 0 Å². The number of nitrogens with zero attached hydrogens (tertiary/aromatic N) is 3. The smallest absolute Gasteiger partial charge is 0.279 e. The Morgan fingerprint density at radius 1 is 1.25 bits per heavy atom.